The van der Waals surface area contributed by atoms with Gasteiger partial charge < -0.3 is 4.74 Å². The monoisotopic (exact) mass is 262 g/mol. The first-order valence-corrected chi connectivity index (χ1v) is 6.28. The third-order valence-electron chi connectivity index (χ3n) is 2.59. The number of hydrogen-bond donors (Lipinski definition) is 0. The van der Waals surface area contributed by atoms with Crippen molar-refractivity contribution in [1.82, 2.24) is 9.78 Å². The fraction of sp³-hybridized carbons (Fsp3) is 0.231. The first-order chi connectivity index (χ1) is 8.65. The van der Waals surface area contributed by atoms with E-state index in [0.717, 1.165) is 27.7 Å². The summed E-state index contributed by atoms with van der Waals surface area (Å²) in [6, 6.07) is 7.72. The zero-order valence-electron chi connectivity index (χ0n) is 10.5. The smallest absolute Gasteiger partial charge is 0.154 e. The van der Waals surface area contributed by atoms with Gasteiger partial charge in [0, 0.05) is 11.9 Å². The van der Waals surface area contributed by atoms with E-state index in [9.17, 15) is 4.79 Å². The molecule has 0 amide bonds. The molecule has 0 atom stereocenters. The molecule has 94 valence electrons. The van der Waals surface area contributed by atoms with Crippen LogP contribution in [0.4, 0.5) is 0 Å². The Labute approximate surface area is 110 Å². The maximum absolute atomic E-state index is 11.1. The van der Waals surface area contributed by atoms with Crippen molar-refractivity contribution in [3.8, 4) is 5.75 Å². The molecule has 2 rings (SSSR count). The average Bonchev–Trinajstić information content (AvgIpc) is 2.64. The minimum atomic E-state index is 0.644. The minimum Gasteiger partial charge on any atom is -0.497 e. The van der Waals surface area contributed by atoms with E-state index in [1.54, 1.807) is 11.8 Å². The number of benzene rings is 1. The molecule has 0 aliphatic rings. The fourth-order valence-corrected chi connectivity index (χ4v) is 2.71. The van der Waals surface area contributed by atoms with Crippen molar-refractivity contribution in [3.05, 3.63) is 35.5 Å². The lowest BCUT2D eigenvalue weighted by Gasteiger charge is -2.05. The normalized spacial score (nSPS) is 10.4. The standard InChI is InChI=1S/C13H14N2O2S/c1-9-12(8-16)13(15(2)14-9)18-11-6-4-5-10(7-11)17-3/h4-8H,1-3H3. The number of hydrogen-bond acceptors (Lipinski definition) is 4. The number of methoxy groups -OCH3 is 1. The summed E-state index contributed by atoms with van der Waals surface area (Å²) in [6.07, 6.45) is 0.852. The highest BCUT2D eigenvalue weighted by Crippen LogP contribution is 2.32. The molecule has 5 heteroatoms. The average molecular weight is 262 g/mol. The third kappa shape index (κ3) is 2.41. The molecule has 2 aromatic rings. The van der Waals surface area contributed by atoms with Gasteiger partial charge in [0.25, 0.3) is 0 Å². The topological polar surface area (TPSA) is 44.1 Å². The molecule has 0 unspecified atom stereocenters. The van der Waals surface area contributed by atoms with Crippen LogP contribution in [0.15, 0.2) is 34.2 Å². The van der Waals surface area contributed by atoms with Crippen LogP contribution >= 0.6 is 11.8 Å². The number of aldehydes is 1. The Morgan fingerprint density at radius 2 is 2.22 bits per heavy atom. The highest BCUT2D eigenvalue weighted by Gasteiger charge is 2.13. The molecule has 0 saturated heterocycles. The van der Waals surface area contributed by atoms with E-state index in [2.05, 4.69) is 5.10 Å². The maximum atomic E-state index is 11.1. The number of rotatable bonds is 4. The first-order valence-electron chi connectivity index (χ1n) is 5.46. The van der Waals surface area contributed by atoms with E-state index in [0.29, 0.717) is 5.56 Å². The molecule has 4 nitrogen and oxygen atoms in total. The van der Waals surface area contributed by atoms with Crippen LogP contribution in [0.2, 0.25) is 0 Å². The quantitative estimate of drug-likeness (QED) is 0.795. The van der Waals surface area contributed by atoms with Crippen LogP contribution in [-0.4, -0.2) is 23.2 Å². The van der Waals surface area contributed by atoms with Crippen molar-refractivity contribution in [2.75, 3.05) is 7.11 Å². The van der Waals surface area contributed by atoms with Gasteiger partial charge in [-0.05, 0) is 25.1 Å². The predicted octanol–water partition coefficient (Wildman–Crippen LogP) is 2.70. The second-order valence-electron chi connectivity index (χ2n) is 3.83. The van der Waals surface area contributed by atoms with E-state index >= 15 is 0 Å². The van der Waals surface area contributed by atoms with Gasteiger partial charge in [0.2, 0.25) is 0 Å². The summed E-state index contributed by atoms with van der Waals surface area (Å²) in [6.45, 7) is 1.83. The summed E-state index contributed by atoms with van der Waals surface area (Å²) in [5, 5.41) is 5.10. The number of aryl methyl sites for hydroxylation is 2. The van der Waals surface area contributed by atoms with Crippen LogP contribution in [0.1, 0.15) is 16.1 Å². The molecule has 18 heavy (non-hydrogen) atoms. The Morgan fingerprint density at radius 1 is 1.44 bits per heavy atom. The van der Waals surface area contributed by atoms with Crippen molar-refractivity contribution >= 4 is 18.0 Å². The van der Waals surface area contributed by atoms with Gasteiger partial charge in [0.15, 0.2) is 6.29 Å². The van der Waals surface area contributed by atoms with E-state index in [1.165, 1.54) is 11.8 Å². The lowest BCUT2D eigenvalue weighted by atomic mass is 10.3. The van der Waals surface area contributed by atoms with Crippen molar-refractivity contribution in [3.63, 3.8) is 0 Å². The van der Waals surface area contributed by atoms with Crippen LogP contribution in [-0.2, 0) is 7.05 Å². The van der Waals surface area contributed by atoms with E-state index < -0.39 is 0 Å². The van der Waals surface area contributed by atoms with Crippen molar-refractivity contribution in [2.45, 2.75) is 16.8 Å². The molecule has 0 spiro atoms. The Morgan fingerprint density at radius 3 is 2.89 bits per heavy atom. The SMILES string of the molecule is COc1cccc(Sc2c(C=O)c(C)nn2C)c1. The number of ether oxygens (including phenoxy) is 1. The number of carbonyl (C=O) groups is 1. The Hall–Kier alpha value is -1.75. The van der Waals surface area contributed by atoms with Gasteiger partial charge in [-0.25, -0.2) is 0 Å². The first kappa shape index (κ1) is 12.7. The summed E-state index contributed by atoms with van der Waals surface area (Å²) >= 11 is 1.50. The van der Waals surface area contributed by atoms with E-state index in [4.69, 9.17) is 4.74 Å². The summed E-state index contributed by atoms with van der Waals surface area (Å²) in [4.78, 5) is 12.1. The Bertz CT molecular complexity index is 578. The molecule has 0 bridgehead atoms. The molecule has 0 radical (unpaired) electrons. The van der Waals surface area contributed by atoms with Crippen LogP contribution < -0.4 is 4.74 Å². The Balaban J connectivity index is 2.36. The number of carbonyl (C=O) groups excluding carboxylic acids is 1. The second-order valence-corrected chi connectivity index (χ2v) is 4.89. The third-order valence-corrected chi connectivity index (χ3v) is 3.75. The molecule has 0 fully saturated rings. The summed E-state index contributed by atoms with van der Waals surface area (Å²) < 4.78 is 6.90. The van der Waals surface area contributed by atoms with E-state index in [1.807, 2.05) is 38.2 Å². The largest absolute Gasteiger partial charge is 0.497 e. The molecule has 1 aromatic carbocycles. The van der Waals surface area contributed by atoms with Gasteiger partial charge in [0.05, 0.1) is 18.4 Å². The molecular weight excluding hydrogens is 248 g/mol. The highest BCUT2D eigenvalue weighted by atomic mass is 32.2. The van der Waals surface area contributed by atoms with Gasteiger partial charge in [-0.2, -0.15) is 5.10 Å². The number of aromatic nitrogens is 2. The van der Waals surface area contributed by atoms with Crippen LogP contribution in [0.5, 0.6) is 5.75 Å². The van der Waals surface area contributed by atoms with Crippen LogP contribution in [0.3, 0.4) is 0 Å². The predicted molar refractivity (Wildman–Crippen MR) is 70.4 cm³/mol. The Kier molecular flexibility index (Phi) is 3.72. The molecular formula is C13H14N2O2S. The molecule has 1 heterocycles. The second kappa shape index (κ2) is 5.27. The van der Waals surface area contributed by atoms with E-state index in [-0.39, 0.29) is 0 Å². The summed E-state index contributed by atoms with van der Waals surface area (Å²) in [5.74, 6) is 0.798. The van der Waals surface area contributed by atoms with Gasteiger partial charge in [-0.1, -0.05) is 17.8 Å². The summed E-state index contributed by atoms with van der Waals surface area (Å²) in [7, 11) is 3.47. The van der Waals surface area contributed by atoms with Crippen LogP contribution in [0, 0.1) is 6.92 Å². The fourth-order valence-electron chi connectivity index (χ4n) is 1.69. The number of nitrogens with zero attached hydrogens (tertiary/aromatic N) is 2. The highest BCUT2D eigenvalue weighted by molar-refractivity contribution is 7.99. The molecule has 0 aliphatic carbocycles. The van der Waals surface area contributed by atoms with Crippen molar-refractivity contribution in [1.29, 1.82) is 0 Å². The van der Waals surface area contributed by atoms with Crippen molar-refractivity contribution < 1.29 is 9.53 Å². The van der Waals surface area contributed by atoms with Crippen LogP contribution in [0.25, 0.3) is 0 Å². The lowest BCUT2D eigenvalue weighted by molar-refractivity contribution is 0.112. The minimum absolute atomic E-state index is 0.644. The zero-order chi connectivity index (χ0) is 13.1. The van der Waals surface area contributed by atoms with Gasteiger partial charge in [0.1, 0.15) is 10.8 Å². The summed E-state index contributed by atoms with van der Waals surface area (Å²) in [5.41, 5.74) is 1.39. The van der Waals surface area contributed by atoms with Gasteiger partial charge in [-0.15, -0.1) is 0 Å². The van der Waals surface area contributed by atoms with Crippen molar-refractivity contribution in [2.24, 2.45) is 7.05 Å². The van der Waals surface area contributed by atoms with Gasteiger partial charge in [-0.3, -0.25) is 9.48 Å². The lowest BCUT2D eigenvalue weighted by Crippen LogP contribution is -1.93. The molecule has 0 N–H and O–H groups in total. The molecule has 0 aliphatic heterocycles. The van der Waals surface area contributed by atoms with Gasteiger partial charge >= 0.3 is 0 Å². The molecule has 0 saturated carbocycles. The molecule has 1 aromatic heterocycles. The maximum Gasteiger partial charge on any atom is 0.154 e. The zero-order valence-corrected chi connectivity index (χ0v) is 11.3.